The summed E-state index contributed by atoms with van der Waals surface area (Å²) < 4.78 is 31.6. The van der Waals surface area contributed by atoms with Crippen molar-refractivity contribution in [1.29, 1.82) is 0 Å². The van der Waals surface area contributed by atoms with E-state index in [1.54, 1.807) is 0 Å². The maximum absolute atomic E-state index is 13.6. The molecule has 0 aliphatic heterocycles. The number of carbonyl (C=O) groups is 1. The first kappa shape index (κ1) is 17.1. The predicted octanol–water partition coefficient (Wildman–Crippen LogP) is 2.80. The van der Waals surface area contributed by atoms with E-state index in [2.05, 4.69) is 4.74 Å². The fourth-order valence-electron chi connectivity index (χ4n) is 1.30. The average Bonchev–Trinajstić information content (AvgIpc) is 2.31. The lowest BCUT2D eigenvalue weighted by molar-refractivity contribution is -0.149. The van der Waals surface area contributed by atoms with Gasteiger partial charge in [0.25, 0.3) is 0 Å². The Kier molecular flexibility index (Phi) is 7.13. The molecule has 0 radical (unpaired) electrons. The van der Waals surface area contributed by atoms with Crippen LogP contribution in [0.2, 0.25) is 5.02 Å². The summed E-state index contributed by atoms with van der Waals surface area (Å²) in [5.41, 5.74) is 5.31. The van der Waals surface area contributed by atoms with Crippen LogP contribution in [0.15, 0.2) is 18.2 Å². The Morgan fingerprint density at radius 2 is 2.17 bits per heavy atom. The summed E-state index contributed by atoms with van der Waals surface area (Å²) in [6, 6.07) is 2.58. The molecule has 0 aliphatic rings. The Labute approximate surface area is 115 Å². The number of carbonyl (C=O) groups excluding carboxylic acids is 1. The van der Waals surface area contributed by atoms with Crippen LogP contribution in [0, 0.1) is 5.82 Å². The van der Waals surface area contributed by atoms with Gasteiger partial charge >= 0.3 is 5.97 Å². The SMILES string of the molecule is CCOC(=O)C(F)[C@H](N)c1cccc(Cl)c1F.Cl. The number of esters is 1. The van der Waals surface area contributed by atoms with Gasteiger partial charge in [0, 0.05) is 5.56 Å². The van der Waals surface area contributed by atoms with E-state index in [-0.39, 0.29) is 29.6 Å². The summed E-state index contributed by atoms with van der Waals surface area (Å²) in [7, 11) is 0. The number of alkyl halides is 1. The van der Waals surface area contributed by atoms with Crippen molar-refractivity contribution in [3.63, 3.8) is 0 Å². The van der Waals surface area contributed by atoms with Crippen LogP contribution >= 0.6 is 24.0 Å². The quantitative estimate of drug-likeness (QED) is 0.870. The van der Waals surface area contributed by atoms with Gasteiger partial charge < -0.3 is 10.5 Å². The number of nitrogens with two attached hydrogens (primary N) is 1. The van der Waals surface area contributed by atoms with Gasteiger partial charge in [-0.15, -0.1) is 12.4 Å². The van der Waals surface area contributed by atoms with Gasteiger partial charge in [0.15, 0.2) is 0 Å². The molecule has 0 saturated heterocycles. The molecule has 1 aromatic carbocycles. The van der Waals surface area contributed by atoms with E-state index in [9.17, 15) is 13.6 Å². The lowest BCUT2D eigenvalue weighted by Gasteiger charge is -2.16. The van der Waals surface area contributed by atoms with E-state index in [1.807, 2.05) is 0 Å². The van der Waals surface area contributed by atoms with Gasteiger partial charge in [0.05, 0.1) is 17.7 Å². The van der Waals surface area contributed by atoms with E-state index in [0.29, 0.717) is 0 Å². The van der Waals surface area contributed by atoms with Crippen molar-refractivity contribution in [3.8, 4) is 0 Å². The number of ether oxygens (including phenoxy) is 1. The monoisotopic (exact) mass is 299 g/mol. The van der Waals surface area contributed by atoms with Gasteiger partial charge in [0.1, 0.15) is 5.82 Å². The maximum atomic E-state index is 13.6. The van der Waals surface area contributed by atoms with Crippen molar-refractivity contribution in [3.05, 3.63) is 34.6 Å². The van der Waals surface area contributed by atoms with Gasteiger partial charge in [-0.25, -0.2) is 13.6 Å². The molecule has 0 fully saturated rings. The van der Waals surface area contributed by atoms with E-state index in [1.165, 1.54) is 25.1 Å². The Balaban J connectivity index is 0.00000289. The molecule has 0 saturated carbocycles. The first-order chi connectivity index (χ1) is 7.99. The smallest absolute Gasteiger partial charge is 0.342 e. The van der Waals surface area contributed by atoms with Crippen LogP contribution in [0.25, 0.3) is 0 Å². The maximum Gasteiger partial charge on any atom is 0.342 e. The van der Waals surface area contributed by atoms with Crippen LogP contribution in [0.5, 0.6) is 0 Å². The molecule has 1 aromatic rings. The third-order valence-corrected chi connectivity index (χ3v) is 2.46. The normalized spacial score (nSPS) is 13.4. The fraction of sp³-hybridized carbons (Fsp3) is 0.364. The number of hydrogen-bond donors (Lipinski definition) is 1. The van der Waals surface area contributed by atoms with Crippen LogP contribution in [-0.2, 0) is 9.53 Å². The van der Waals surface area contributed by atoms with E-state index in [0.717, 1.165) is 0 Å². The molecule has 102 valence electrons. The Morgan fingerprint density at radius 3 is 2.72 bits per heavy atom. The minimum atomic E-state index is -2.12. The molecule has 18 heavy (non-hydrogen) atoms. The molecule has 0 aromatic heterocycles. The first-order valence-electron chi connectivity index (χ1n) is 4.99. The summed E-state index contributed by atoms with van der Waals surface area (Å²) in [6.07, 6.45) is -2.12. The number of halogens is 4. The van der Waals surface area contributed by atoms with E-state index >= 15 is 0 Å². The van der Waals surface area contributed by atoms with Crippen molar-refractivity contribution in [2.75, 3.05) is 6.61 Å². The van der Waals surface area contributed by atoms with Crippen molar-refractivity contribution in [1.82, 2.24) is 0 Å². The van der Waals surface area contributed by atoms with Gasteiger partial charge in [-0.3, -0.25) is 0 Å². The molecule has 7 heteroatoms. The van der Waals surface area contributed by atoms with Crippen molar-refractivity contribution in [2.45, 2.75) is 19.1 Å². The second-order valence-corrected chi connectivity index (χ2v) is 3.73. The summed E-state index contributed by atoms with van der Waals surface area (Å²) >= 11 is 5.53. The molecule has 0 bridgehead atoms. The number of benzene rings is 1. The summed E-state index contributed by atoms with van der Waals surface area (Å²) in [5, 5.41) is -0.172. The molecule has 2 atom stereocenters. The second kappa shape index (κ2) is 7.51. The molecule has 0 spiro atoms. The minimum Gasteiger partial charge on any atom is -0.464 e. The predicted molar refractivity (Wildman–Crippen MR) is 67.1 cm³/mol. The zero-order chi connectivity index (χ0) is 13.0. The Bertz CT molecular complexity index is 418. The Morgan fingerprint density at radius 1 is 1.56 bits per heavy atom. The Hall–Kier alpha value is -0.910. The summed E-state index contributed by atoms with van der Waals surface area (Å²) in [6.45, 7) is 1.57. The number of rotatable bonds is 4. The van der Waals surface area contributed by atoms with Crippen LogP contribution in [-0.4, -0.2) is 18.7 Å². The molecule has 1 rings (SSSR count). The van der Waals surface area contributed by atoms with Crippen LogP contribution < -0.4 is 5.73 Å². The van der Waals surface area contributed by atoms with Crippen LogP contribution in [0.4, 0.5) is 8.78 Å². The average molecular weight is 300 g/mol. The molecule has 3 nitrogen and oxygen atoms in total. The lowest BCUT2D eigenvalue weighted by atomic mass is 10.0. The summed E-state index contributed by atoms with van der Waals surface area (Å²) in [4.78, 5) is 11.1. The van der Waals surface area contributed by atoms with Crippen LogP contribution in [0.3, 0.4) is 0 Å². The van der Waals surface area contributed by atoms with E-state index in [4.69, 9.17) is 17.3 Å². The zero-order valence-corrected chi connectivity index (χ0v) is 11.1. The lowest BCUT2D eigenvalue weighted by Crippen LogP contribution is -2.32. The summed E-state index contributed by atoms with van der Waals surface area (Å²) in [5.74, 6) is -1.94. The van der Waals surface area contributed by atoms with Crippen molar-refractivity contribution in [2.24, 2.45) is 5.73 Å². The van der Waals surface area contributed by atoms with Gasteiger partial charge in [0.2, 0.25) is 6.17 Å². The highest BCUT2D eigenvalue weighted by Gasteiger charge is 2.30. The van der Waals surface area contributed by atoms with Gasteiger partial charge in [-0.05, 0) is 13.0 Å². The highest BCUT2D eigenvalue weighted by atomic mass is 35.5. The first-order valence-corrected chi connectivity index (χ1v) is 5.37. The third-order valence-electron chi connectivity index (χ3n) is 2.17. The second-order valence-electron chi connectivity index (χ2n) is 3.32. The molecule has 0 heterocycles. The fourth-order valence-corrected chi connectivity index (χ4v) is 1.49. The highest BCUT2D eigenvalue weighted by molar-refractivity contribution is 6.30. The van der Waals surface area contributed by atoms with Crippen molar-refractivity contribution < 1.29 is 18.3 Å². The number of hydrogen-bond acceptors (Lipinski definition) is 3. The largest absolute Gasteiger partial charge is 0.464 e. The molecule has 0 amide bonds. The van der Waals surface area contributed by atoms with Crippen LogP contribution in [0.1, 0.15) is 18.5 Å². The van der Waals surface area contributed by atoms with Gasteiger partial charge in [-0.2, -0.15) is 0 Å². The molecular formula is C11H13Cl2F2NO2. The molecule has 2 N–H and O–H groups in total. The molecule has 0 aliphatic carbocycles. The standard InChI is InChI=1S/C11H12ClF2NO2.ClH/c1-2-17-11(16)9(14)10(15)6-4-3-5-7(12)8(6)13;/h3-5,9-10H,2,15H2,1H3;1H/t9?,10-;/m1./s1. The van der Waals surface area contributed by atoms with Crippen molar-refractivity contribution >= 4 is 30.0 Å². The molecule has 1 unspecified atom stereocenters. The topological polar surface area (TPSA) is 52.3 Å². The van der Waals surface area contributed by atoms with E-state index < -0.39 is 24.0 Å². The zero-order valence-electron chi connectivity index (χ0n) is 9.53. The van der Waals surface area contributed by atoms with Gasteiger partial charge in [-0.1, -0.05) is 23.7 Å². The third kappa shape index (κ3) is 3.80. The minimum absolute atomic E-state index is 0. The highest BCUT2D eigenvalue weighted by Crippen LogP contribution is 2.25. The molecular weight excluding hydrogens is 287 g/mol.